The molecule has 1 aromatic heterocycles. The summed E-state index contributed by atoms with van der Waals surface area (Å²) in [6.45, 7) is 0.377. The van der Waals surface area contributed by atoms with Crippen LogP contribution in [0.1, 0.15) is 61.9 Å². The Labute approximate surface area is 193 Å². The van der Waals surface area contributed by atoms with E-state index in [1.54, 1.807) is 6.07 Å². The molecule has 178 valence electrons. The average Bonchev–Trinajstić information content (AvgIpc) is 3.44. The predicted octanol–water partition coefficient (Wildman–Crippen LogP) is 2.24. The molecule has 1 saturated heterocycles. The van der Waals surface area contributed by atoms with E-state index < -0.39 is 12.1 Å². The van der Waals surface area contributed by atoms with Crippen molar-refractivity contribution in [3.8, 4) is 0 Å². The molecule has 1 aromatic carbocycles. The van der Waals surface area contributed by atoms with Crippen molar-refractivity contribution >= 4 is 28.6 Å². The number of aromatic nitrogens is 1. The molecule has 2 aliphatic rings. The fraction of sp³-hybridized carbons (Fsp3) is 0.560. The van der Waals surface area contributed by atoms with Crippen LogP contribution < -0.4 is 16.0 Å². The summed E-state index contributed by atoms with van der Waals surface area (Å²) in [5.74, 6) is -0.486. The van der Waals surface area contributed by atoms with Crippen molar-refractivity contribution in [1.29, 1.82) is 0 Å². The van der Waals surface area contributed by atoms with E-state index in [4.69, 9.17) is 0 Å². The Morgan fingerprint density at radius 1 is 1.06 bits per heavy atom. The van der Waals surface area contributed by atoms with E-state index >= 15 is 0 Å². The summed E-state index contributed by atoms with van der Waals surface area (Å²) in [4.78, 5) is 41.3. The van der Waals surface area contributed by atoms with Gasteiger partial charge in [-0.25, -0.2) is 0 Å². The SMILES string of the molecule is O=C(N[C@@H](CC1CCCCC1)C(=O)N[C@H](CO)C[C@@H]1CCNC1=O)c1cc2ccccc2[nH]1. The monoisotopic (exact) mass is 454 g/mol. The van der Waals surface area contributed by atoms with E-state index in [0.717, 1.165) is 36.6 Å². The summed E-state index contributed by atoms with van der Waals surface area (Å²) in [5.41, 5.74) is 1.28. The van der Waals surface area contributed by atoms with Crippen LogP contribution in [0.4, 0.5) is 0 Å². The average molecular weight is 455 g/mol. The number of aromatic amines is 1. The number of amides is 3. The summed E-state index contributed by atoms with van der Waals surface area (Å²) >= 11 is 0. The third-order valence-electron chi connectivity index (χ3n) is 6.99. The maximum absolute atomic E-state index is 13.2. The molecule has 0 unspecified atom stereocenters. The fourth-order valence-corrected chi connectivity index (χ4v) is 5.11. The molecule has 2 fully saturated rings. The Hall–Kier alpha value is -2.87. The van der Waals surface area contributed by atoms with Gasteiger partial charge in [-0.15, -0.1) is 0 Å². The second-order valence-corrected chi connectivity index (χ2v) is 9.44. The number of aliphatic hydroxyl groups excluding tert-OH is 1. The normalized spacial score (nSPS) is 20.9. The van der Waals surface area contributed by atoms with E-state index in [1.165, 1.54) is 6.42 Å². The van der Waals surface area contributed by atoms with Crippen molar-refractivity contribution < 1.29 is 19.5 Å². The highest BCUT2D eigenvalue weighted by atomic mass is 16.3. The molecule has 1 aliphatic heterocycles. The largest absolute Gasteiger partial charge is 0.394 e. The first kappa shape index (κ1) is 23.3. The molecule has 0 bridgehead atoms. The van der Waals surface area contributed by atoms with Crippen molar-refractivity contribution in [2.24, 2.45) is 11.8 Å². The topological polar surface area (TPSA) is 123 Å². The molecule has 8 nitrogen and oxygen atoms in total. The zero-order chi connectivity index (χ0) is 23.2. The lowest BCUT2D eigenvalue weighted by molar-refractivity contribution is -0.126. The Morgan fingerprint density at radius 3 is 2.55 bits per heavy atom. The van der Waals surface area contributed by atoms with Gasteiger partial charge >= 0.3 is 0 Å². The standard InChI is InChI=1S/C25H34N4O4/c30-15-19(13-18-10-11-26-23(18)31)27-24(32)21(12-16-6-2-1-3-7-16)29-25(33)22-14-17-8-4-5-9-20(17)28-22/h4-5,8-9,14,16,18-19,21,28,30H,1-3,6-7,10-13,15H2,(H,26,31)(H,27,32)(H,29,33)/t18-,19-,21-/m0/s1. The summed E-state index contributed by atoms with van der Waals surface area (Å²) in [7, 11) is 0. The van der Waals surface area contributed by atoms with Gasteiger partial charge in [-0.05, 0) is 37.3 Å². The molecule has 8 heteroatoms. The van der Waals surface area contributed by atoms with Crippen LogP contribution >= 0.6 is 0 Å². The first-order valence-electron chi connectivity index (χ1n) is 12.1. The molecule has 1 aliphatic carbocycles. The van der Waals surface area contributed by atoms with Crippen LogP contribution in [-0.2, 0) is 9.59 Å². The van der Waals surface area contributed by atoms with Crippen molar-refractivity contribution in [2.45, 2.75) is 63.5 Å². The molecule has 1 saturated carbocycles. The number of nitrogens with one attached hydrogen (secondary N) is 4. The number of fused-ring (bicyclic) bond motifs is 1. The second-order valence-electron chi connectivity index (χ2n) is 9.44. The minimum Gasteiger partial charge on any atom is -0.394 e. The number of carbonyl (C=O) groups is 3. The zero-order valence-corrected chi connectivity index (χ0v) is 18.9. The van der Waals surface area contributed by atoms with Crippen molar-refractivity contribution in [2.75, 3.05) is 13.2 Å². The molecule has 2 aromatic rings. The van der Waals surface area contributed by atoms with Gasteiger partial charge in [0.2, 0.25) is 11.8 Å². The molecule has 2 heterocycles. The van der Waals surface area contributed by atoms with Crippen molar-refractivity contribution in [1.82, 2.24) is 20.9 Å². The summed E-state index contributed by atoms with van der Waals surface area (Å²) in [5, 5.41) is 19.4. The lowest BCUT2D eigenvalue weighted by atomic mass is 9.84. The first-order valence-corrected chi connectivity index (χ1v) is 12.1. The maximum Gasteiger partial charge on any atom is 0.268 e. The fourth-order valence-electron chi connectivity index (χ4n) is 5.11. The highest BCUT2D eigenvalue weighted by Crippen LogP contribution is 2.28. The van der Waals surface area contributed by atoms with Gasteiger partial charge in [-0.3, -0.25) is 14.4 Å². The number of H-pyrrole nitrogens is 1. The Morgan fingerprint density at radius 2 is 1.85 bits per heavy atom. The zero-order valence-electron chi connectivity index (χ0n) is 18.9. The molecule has 0 radical (unpaired) electrons. The maximum atomic E-state index is 13.2. The quantitative estimate of drug-likeness (QED) is 0.399. The van der Waals surface area contributed by atoms with Crippen molar-refractivity contribution in [3.63, 3.8) is 0 Å². The third-order valence-corrected chi connectivity index (χ3v) is 6.99. The van der Waals surface area contributed by atoms with Crippen LogP contribution in [0.5, 0.6) is 0 Å². The van der Waals surface area contributed by atoms with E-state index in [-0.39, 0.29) is 30.2 Å². The van der Waals surface area contributed by atoms with Crippen LogP contribution in [0, 0.1) is 11.8 Å². The minimum atomic E-state index is -0.696. The van der Waals surface area contributed by atoms with E-state index in [0.29, 0.717) is 37.4 Å². The van der Waals surface area contributed by atoms with Crippen LogP contribution in [0.3, 0.4) is 0 Å². The van der Waals surface area contributed by atoms with Gasteiger partial charge in [0.15, 0.2) is 0 Å². The summed E-state index contributed by atoms with van der Waals surface area (Å²) in [6, 6.07) is 8.22. The summed E-state index contributed by atoms with van der Waals surface area (Å²) in [6.07, 6.45) is 7.27. The van der Waals surface area contributed by atoms with Crippen LogP contribution in [0.25, 0.3) is 10.9 Å². The molecule has 3 atom stereocenters. The number of benzene rings is 1. The highest BCUT2D eigenvalue weighted by molar-refractivity contribution is 6.00. The number of rotatable bonds is 9. The lowest BCUT2D eigenvalue weighted by Gasteiger charge is -2.28. The number of hydrogen-bond donors (Lipinski definition) is 5. The molecule has 0 spiro atoms. The molecule has 33 heavy (non-hydrogen) atoms. The van der Waals surface area contributed by atoms with E-state index in [1.807, 2.05) is 24.3 Å². The number of carbonyl (C=O) groups excluding carboxylic acids is 3. The van der Waals surface area contributed by atoms with Gasteiger partial charge in [0, 0.05) is 23.4 Å². The van der Waals surface area contributed by atoms with Gasteiger partial charge in [0.05, 0.1) is 12.6 Å². The Balaban J connectivity index is 1.44. The van der Waals surface area contributed by atoms with Crippen molar-refractivity contribution in [3.05, 3.63) is 36.0 Å². The predicted molar refractivity (Wildman–Crippen MR) is 125 cm³/mol. The highest BCUT2D eigenvalue weighted by Gasteiger charge is 2.31. The van der Waals surface area contributed by atoms with Crippen LogP contribution in [0.15, 0.2) is 30.3 Å². The lowest BCUT2D eigenvalue weighted by Crippen LogP contribution is -2.51. The second kappa shape index (κ2) is 10.8. The molecule has 5 N–H and O–H groups in total. The van der Waals surface area contributed by atoms with Gasteiger partial charge in [-0.1, -0.05) is 50.3 Å². The van der Waals surface area contributed by atoms with Gasteiger partial charge in [0.25, 0.3) is 5.91 Å². The van der Waals surface area contributed by atoms with Gasteiger partial charge in [0.1, 0.15) is 11.7 Å². The first-order chi connectivity index (χ1) is 16.0. The van der Waals surface area contributed by atoms with Crippen LogP contribution in [-0.4, -0.2) is 53.0 Å². The number of para-hydroxylation sites is 1. The van der Waals surface area contributed by atoms with E-state index in [2.05, 4.69) is 20.9 Å². The molecular weight excluding hydrogens is 420 g/mol. The molecular formula is C25H34N4O4. The minimum absolute atomic E-state index is 0.0337. The smallest absolute Gasteiger partial charge is 0.268 e. The summed E-state index contributed by atoms with van der Waals surface area (Å²) < 4.78 is 0. The number of hydrogen-bond acceptors (Lipinski definition) is 4. The Kier molecular flexibility index (Phi) is 7.65. The molecule has 3 amide bonds. The van der Waals surface area contributed by atoms with Gasteiger partial charge in [-0.2, -0.15) is 0 Å². The number of aliphatic hydroxyl groups is 1. The molecule has 4 rings (SSSR count). The van der Waals surface area contributed by atoms with Gasteiger partial charge < -0.3 is 26.0 Å². The Bertz CT molecular complexity index is 949. The van der Waals surface area contributed by atoms with E-state index in [9.17, 15) is 19.5 Å². The van der Waals surface area contributed by atoms with Crippen LogP contribution in [0.2, 0.25) is 0 Å². The third kappa shape index (κ3) is 5.93.